The molecule has 0 atom stereocenters. The molecule has 0 aromatic heterocycles. The number of hydroxylamine groups is 1. The van der Waals surface area contributed by atoms with Crippen LogP contribution in [0.3, 0.4) is 0 Å². The molecule has 1 heterocycles. The molecule has 0 saturated heterocycles. The van der Waals surface area contributed by atoms with Gasteiger partial charge in [0.05, 0.1) is 0 Å². The molecule has 1 aliphatic heterocycles. The third kappa shape index (κ3) is 4.18. The van der Waals surface area contributed by atoms with Crippen molar-refractivity contribution in [3.05, 3.63) is 50.7 Å². The average Bonchev–Trinajstić information content (AvgIpc) is 2.95. The lowest BCUT2D eigenvalue weighted by Crippen LogP contribution is -2.24. The van der Waals surface area contributed by atoms with E-state index in [1.165, 1.54) is 15.8 Å². The lowest BCUT2D eigenvalue weighted by molar-refractivity contribution is -0.772. The van der Waals surface area contributed by atoms with Crippen LogP contribution in [0, 0.1) is 22.5 Å². The van der Waals surface area contributed by atoms with Gasteiger partial charge in [-0.25, -0.2) is 10.5 Å². The molecule has 23 heavy (non-hydrogen) atoms. The number of halogens is 2. The maximum atomic E-state index is 10.5. The highest BCUT2D eigenvalue weighted by atomic mass is 35.5. The minimum atomic E-state index is -0.991. The molecule has 0 bridgehead atoms. The van der Waals surface area contributed by atoms with Gasteiger partial charge in [-0.2, -0.15) is 10.0 Å². The summed E-state index contributed by atoms with van der Waals surface area (Å²) in [6, 6.07) is 7.03. The van der Waals surface area contributed by atoms with Crippen molar-refractivity contribution in [2.75, 3.05) is 6.67 Å². The topological polar surface area (TPSA) is 83.2 Å². The van der Waals surface area contributed by atoms with E-state index in [0.717, 1.165) is 5.56 Å². The van der Waals surface area contributed by atoms with Crippen molar-refractivity contribution in [3.8, 4) is 12.3 Å². The Hall–Kier alpha value is -2.63. The van der Waals surface area contributed by atoms with E-state index in [9.17, 15) is 10.1 Å². The number of benzene rings is 1. The molecule has 1 aromatic carbocycles. The molecule has 1 aromatic rings. The summed E-state index contributed by atoms with van der Waals surface area (Å²) >= 11 is 12.1. The molecule has 2 rings (SSSR count). The number of rotatable bonds is 6. The SMILES string of the molecule is C#CCc1ccccc1C(NO[N+](=O)[O-])=C(Cl)N1CN(Cl)C=N1. The maximum absolute atomic E-state index is 10.5. The molecule has 8 nitrogen and oxygen atoms in total. The summed E-state index contributed by atoms with van der Waals surface area (Å²) in [4.78, 5) is 14.7. The first-order valence-corrected chi connectivity index (χ1v) is 6.97. The summed E-state index contributed by atoms with van der Waals surface area (Å²) in [5.74, 6) is 2.52. The number of hydrogen-bond donors (Lipinski definition) is 1. The zero-order valence-electron chi connectivity index (χ0n) is 11.6. The molecule has 0 aliphatic carbocycles. The summed E-state index contributed by atoms with van der Waals surface area (Å²) in [7, 11) is 0. The summed E-state index contributed by atoms with van der Waals surface area (Å²) in [5, 5.41) is 14.9. The lowest BCUT2D eigenvalue weighted by Gasteiger charge is -2.19. The summed E-state index contributed by atoms with van der Waals surface area (Å²) in [6.45, 7) is 0.168. The van der Waals surface area contributed by atoms with Crippen LogP contribution in [0.5, 0.6) is 0 Å². The fourth-order valence-corrected chi connectivity index (χ4v) is 2.26. The van der Waals surface area contributed by atoms with E-state index in [-0.39, 0.29) is 17.5 Å². The Balaban J connectivity index is 2.44. The van der Waals surface area contributed by atoms with Gasteiger partial charge in [0.25, 0.3) is 0 Å². The van der Waals surface area contributed by atoms with Crippen molar-refractivity contribution < 1.29 is 10.0 Å². The van der Waals surface area contributed by atoms with Crippen LogP contribution in [-0.4, -0.2) is 27.5 Å². The Morgan fingerprint density at radius 1 is 1.57 bits per heavy atom. The van der Waals surface area contributed by atoms with Gasteiger partial charge in [-0.15, -0.1) is 22.5 Å². The van der Waals surface area contributed by atoms with Crippen molar-refractivity contribution in [1.82, 2.24) is 14.9 Å². The molecule has 0 unspecified atom stereocenters. The molecule has 0 amide bonds. The monoisotopic (exact) mass is 355 g/mol. The number of hydrazone groups is 1. The van der Waals surface area contributed by atoms with Crippen molar-refractivity contribution in [2.45, 2.75) is 6.42 Å². The van der Waals surface area contributed by atoms with Gasteiger partial charge in [-0.3, -0.25) is 4.42 Å². The molecule has 0 saturated carbocycles. The molecule has 10 heteroatoms. The summed E-state index contributed by atoms with van der Waals surface area (Å²) < 4.78 is 1.27. The van der Waals surface area contributed by atoms with Crippen LogP contribution in [0.25, 0.3) is 5.70 Å². The van der Waals surface area contributed by atoms with Gasteiger partial charge in [0.15, 0.2) is 5.16 Å². The zero-order chi connectivity index (χ0) is 16.8. The van der Waals surface area contributed by atoms with Crippen LogP contribution in [0.2, 0.25) is 0 Å². The molecular formula is C13H11Cl2N5O3. The van der Waals surface area contributed by atoms with E-state index in [2.05, 4.69) is 21.4 Å². The lowest BCUT2D eigenvalue weighted by atomic mass is 10.0. The first kappa shape index (κ1) is 16.7. The fraction of sp³-hybridized carbons (Fsp3) is 0.154. The van der Waals surface area contributed by atoms with Crippen molar-refractivity contribution in [1.29, 1.82) is 0 Å². The molecule has 0 spiro atoms. The van der Waals surface area contributed by atoms with E-state index in [0.29, 0.717) is 12.0 Å². The fourth-order valence-electron chi connectivity index (χ4n) is 1.88. The molecule has 1 aliphatic rings. The largest absolute Gasteiger partial charge is 0.316 e. The smallest absolute Gasteiger partial charge is 0.252 e. The highest BCUT2D eigenvalue weighted by molar-refractivity contribution is 6.32. The van der Waals surface area contributed by atoms with Crippen LogP contribution in [0.4, 0.5) is 0 Å². The Bertz CT molecular complexity index is 701. The van der Waals surface area contributed by atoms with Gasteiger partial charge in [0.2, 0.25) is 0 Å². The number of hydrogen-bond acceptors (Lipinski definition) is 7. The van der Waals surface area contributed by atoms with Crippen LogP contribution >= 0.6 is 23.4 Å². The van der Waals surface area contributed by atoms with Gasteiger partial charge in [-0.05, 0) is 5.56 Å². The van der Waals surface area contributed by atoms with Crippen LogP contribution in [-0.2, 0) is 11.4 Å². The van der Waals surface area contributed by atoms with E-state index >= 15 is 0 Å². The van der Waals surface area contributed by atoms with E-state index < -0.39 is 5.09 Å². The molecule has 120 valence electrons. The minimum Gasteiger partial charge on any atom is -0.252 e. The predicted octanol–water partition coefficient (Wildman–Crippen LogP) is 2.11. The Morgan fingerprint density at radius 3 is 2.91 bits per heavy atom. The number of terminal acetylenes is 1. The van der Waals surface area contributed by atoms with E-state index in [1.807, 2.05) is 0 Å². The number of nitrogens with one attached hydrogen (secondary N) is 1. The van der Waals surface area contributed by atoms with Gasteiger partial charge >= 0.3 is 5.09 Å². The van der Waals surface area contributed by atoms with E-state index in [4.69, 9.17) is 29.8 Å². The van der Waals surface area contributed by atoms with Gasteiger partial charge < -0.3 is 0 Å². The highest BCUT2D eigenvalue weighted by Crippen LogP contribution is 2.27. The average molecular weight is 356 g/mol. The zero-order valence-corrected chi connectivity index (χ0v) is 13.2. The standard InChI is InChI=1S/C13H11Cl2N5O3/c1-2-5-10-6-3-4-7-11(10)12(17-23-20(21)22)13(14)19-9-18(15)8-16-19/h1,3-4,6-8,17H,5,9H2. The molecule has 0 fully saturated rings. The van der Waals surface area contributed by atoms with Crippen molar-refractivity contribution in [2.24, 2.45) is 5.10 Å². The third-order valence-corrected chi connectivity index (χ3v) is 3.40. The second-order valence-corrected chi connectivity index (χ2v) is 5.08. The Labute approximate surface area is 142 Å². The first-order valence-electron chi connectivity index (χ1n) is 6.26. The first-order chi connectivity index (χ1) is 11.0. The molecule has 1 N–H and O–H groups in total. The van der Waals surface area contributed by atoms with Crippen LogP contribution < -0.4 is 5.48 Å². The second-order valence-electron chi connectivity index (χ2n) is 4.29. The maximum Gasteiger partial charge on any atom is 0.316 e. The summed E-state index contributed by atoms with van der Waals surface area (Å²) in [6.07, 6.45) is 7.02. The Kier molecular flexibility index (Phi) is 5.51. The second kappa shape index (κ2) is 7.58. The third-order valence-electron chi connectivity index (χ3n) is 2.82. The minimum absolute atomic E-state index is 0.0655. The Morgan fingerprint density at radius 2 is 2.30 bits per heavy atom. The van der Waals surface area contributed by atoms with Crippen molar-refractivity contribution in [3.63, 3.8) is 0 Å². The molecule has 0 radical (unpaired) electrons. The van der Waals surface area contributed by atoms with Crippen LogP contribution in [0.15, 0.2) is 34.5 Å². The molecular weight excluding hydrogens is 345 g/mol. The van der Waals surface area contributed by atoms with Gasteiger partial charge in [0, 0.05) is 23.8 Å². The highest BCUT2D eigenvalue weighted by Gasteiger charge is 2.21. The quantitative estimate of drug-likeness (QED) is 0.276. The van der Waals surface area contributed by atoms with Gasteiger partial charge in [0.1, 0.15) is 18.7 Å². The normalized spacial score (nSPS) is 14.3. The van der Waals surface area contributed by atoms with Gasteiger partial charge in [-0.1, -0.05) is 35.9 Å². The number of nitrogens with zero attached hydrogens (tertiary/aromatic N) is 4. The van der Waals surface area contributed by atoms with E-state index in [1.54, 1.807) is 24.3 Å². The van der Waals surface area contributed by atoms with Crippen LogP contribution in [0.1, 0.15) is 11.1 Å². The van der Waals surface area contributed by atoms with Crippen molar-refractivity contribution >= 4 is 35.4 Å². The predicted molar refractivity (Wildman–Crippen MR) is 85.9 cm³/mol. The summed E-state index contributed by atoms with van der Waals surface area (Å²) in [5.41, 5.74) is 3.68.